The van der Waals surface area contributed by atoms with E-state index in [1.165, 1.54) is 18.2 Å². The lowest BCUT2D eigenvalue weighted by Crippen LogP contribution is -2.41. The van der Waals surface area contributed by atoms with Crippen molar-refractivity contribution in [3.05, 3.63) is 89.4 Å². The third-order valence-electron chi connectivity index (χ3n) is 6.69. The summed E-state index contributed by atoms with van der Waals surface area (Å²) in [4.78, 5) is 17.1. The van der Waals surface area contributed by atoms with Gasteiger partial charge in [0.2, 0.25) is 0 Å². The highest BCUT2D eigenvalue weighted by molar-refractivity contribution is 5.94. The van der Waals surface area contributed by atoms with Crippen LogP contribution >= 0.6 is 0 Å². The molecule has 186 valence electrons. The molecule has 1 saturated heterocycles. The summed E-state index contributed by atoms with van der Waals surface area (Å²) < 4.78 is 54.0. The van der Waals surface area contributed by atoms with Gasteiger partial charge in [0.25, 0.3) is 5.91 Å². The van der Waals surface area contributed by atoms with Gasteiger partial charge in [-0.3, -0.25) is 9.89 Å². The zero-order valence-electron chi connectivity index (χ0n) is 19.5. The fourth-order valence-corrected chi connectivity index (χ4v) is 4.68. The number of amides is 1. The van der Waals surface area contributed by atoms with Gasteiger partial charge in [-0.25, -0.2) is 4.39 Å². The van der Waals surface area contributed by atoms with Crippen molar-refractivity contribution in [1.82, 2.24) is 20.0 Å². The number of likely N-dealkylation sites (N-methyl/N-ethyl adjacent to an activating group) is 1. The molecule has 5 nitrogen and oxygen atoms in total. The van der Waals surface area contributed by atoms with Gasteiger partial charge < -0.3 is 9.80 Å². The number of nitrogens with zero attached hydrogens (tertiary/aromatic N) is 3. The molecule has 0 aliphatic carbocycles. The van der Waals surface area contributed by atoms with Crippen LogP contribution in [0.1, 0.15) is 27.9 Å². The van der Waals surface area contributed by atoms with Crippen LogP contribution in [0.4, 0.5) is 17.6 Å². The molecule has 1 atom stereocenters. The number of likely N-dealkylation sites (tertiary alicyclic amines) is 1. The summed E-state index contributed by atoms with van der Waals surface area (Å²) in [7, 11) is 1.94. The molecule has 1 aliphatic heterocycles. The molecular weight excluding hydrogens is 472 g/mol. The van der Waals surface area contributed by atoms with E-state index in [-0.39, 0.29) is 18.2 Å². The van der Waals surface area contributed by atoms with Gasteiger partial charge in [0.15, 0.2) is 0 Å². The van der Waals surface area contributed by atoms with Crippen LogP contribution in [-0.4, -0.2) is 52.1 Å². The Morgan fingerprint density at radius 1 is 1.08 bits per heavy atom. The van der Waals surface area contributed by atoms with Crippen LogP contribution in [-0.2, 0) is 12.7 Å². The van der Waals surface area contributed by atoms with Crippen molar-refractivity contribution in [3.63, 3.8) is 0 Å². The first kappa shape index (κ1) is 24.0. The first-order valence-electron chi connectivity index (χ1n) is 11.6. The predicted molar refractivity (Wildman–Crippen MR) is 129 cm³/mol. The van der Waals surface area contributed by atoms with Crippen molar-refractivity contribution in [2.75, 3.05) is 20.1 Å². The van der Waals surface area contributed by atoms with E-state index in [4.69, 9.17) is 0 Å². The van der Waals surface area contributed by atoms with Crippen LogP contribution in [0, 0.1) is 5.82 Å². The van der Waals surface area contributed by atoms with Crippen molar-refractivity contribution in [3.8, 4) is 11.1 Å². The molecule has 2 heterocycles. The smallest absolute Gasteiger partial charge is 0.330 e. The van der Waals surface area contributed by atoms with Crippen molar-refractivity contribution in [2.45, 2.75) is 25.2 Å². The molecule has 1 fully saturated rings. The highest BCUT2D eigenvalue weighted by Gasteiger charge is 2.33. The Kier molecular flexibility index (Phi) is 6.26. The molecule has 1 N–H and O–H groups in total. The number of rotatable bonds is 5. The number of fused-ring (bicyclic) bond motifs is 1. The molecule has 1 aromatic heterocycles. The second kappa shape index (κ2) is 9.39. The number of benzene rings is 3. The highest BCUT2D eigenvalue weighted by atomic mass is 19.4. The highest BCUT2D eigenvalue weighted by Crippen LogP contribution is 2.31. The normalized spacial score (nSPS) is 16.5. The minimum atomic E-state index is -4.49. The first-order valence-corrected chi connectivity index (χ1v) is 11.6. The van der Waals surface area contributed by atoms with Crippen LogP contribution in [0.5, 0.6) is 0 Å². The fraction of sp³-hybridized carbons (Fsp3) is 0.259. The summed E-state index contributed by atoms with van der Waals surface area (Å²) in [6.45, 7) is 1.38. The molecule has 9 heteroatoms. The zero-order chi connectivity index (χ0) is 25.4. The molecule has 4 aromatic rings. The molecule has 3 aromatic carbocycles. The quantitative estimate of drug-likeness (QED) is 0.359. The van der Waals surface area contributed by atoms with Gasteiger partial charge >= 0.3 is 6.18 Å². The van der Waals surface area contributed by atoms with E-state index in [9.17, 15) is 22.4 Å². The van der Waals surface area contributed by atoms with Gasteiger partial charge in [0, 0.05) is 35.6 Å². The van der Waals surface area contributed by atoms with Crippen molar-refractivity contribution in [2.24, 2.45) is 0 Å². The number of nitrogens with one attached hydrogen (secondary N) is 1. The number of carbonyl (C=O) groups is 1. The van der Waals surface area contributed by atoms with E-state index in [1.807, 2.05) is 25.2 Å². The van der Waals surface area contributed by atoms with E-state index >= 15 is 0 Å². The number of aromatic amines is 1. The van der Waals surface area contributed by atoms with Gasteiger partial charge in [0.1, 0.15) is 5.82 Å². The van der Waals surface area contributed by atoms with Crippen molar-refractivity contribution >= 4 is 16.8 Å². The Bertz CT molecular complexity index is 1400. The Labute approximate surface area is 205 Å². The number of aromatic nitrogens is 2. The lowest BCUT2D eigenvalue weighted by atomic mass is 10.0. The fourth-order valence-electron chi connectivity index (χ4n) is 4.68. The third-order valence-corrected chi connectivity index (χ3v) is 6.69. The van der Waals surface area contributed by atoms with Crippen LogP contribution in [0.15, 0.2) is 66.9 Å². The minimum Gasteiger partial charge on any atom is -0.330 e. The largest absolute Gasteiger partial charge is 0.416 e. The molecule has 1 amide bonds. The summed E-state index contributed by atoms with van der Waals surface area (Å²) in [5.41, 5.74) is 2.22. The van der Waals surface area contributed by atoms with E-state index in [2.05, 4.69) is 15.1 Å². The molecular formula is C27H24F4N4O. The SMILES string of the molecule is CN1CCC(N(Cc2cc(-c3ccc4[nH]ncc4c3)ccc2F)C(=O)c2ccc(C(F)(F)F)cc2)C1. The Hall–Kier alpha value is -3.72. The van der Waals surface area contributed by atoms with Crippen LogP contribution in [0.3, 0.4) is 0 Å². The van der Waals surface area contributed by atoms with Gasteiger partial charge in [-0.15, -0.1) is 0 Å². The zero-order valence-corrected chi connectivity index (χ0v) is 19.5. The molecule has 0 spiro atoms. The molecule has 0 bridgehead atoms. The van der Waals surface area contributed by atoms with Gasteiger partial charge in [-0.2, -0.15) is 18.3 Å². The maximum absolute atomic E-state index is 15.0. The monoisotopic (exact) mass is 496 g/mol. The van der Waals surface area contributed by atoms with E-state index in [0.29, 0.717) is 18.5 Å². The third kappa shape index (κ3) is 4.83. The van der Waals surface area contributed by atoms with E-state index in [0.717, 1.165) is 40.7 Å². The second-order valence-electron chi connectivity index (χ2n) is 9.19. The maximum Gasteiger partial charge on any atom is 0.416 e. The Morgan fingerprint density at radius 2 is 1.81 bits per heavy atom. The molecule has 5 rings (SSSR count). The second-order valence-corrected chi connectivity index (χ2v) is 9.19. The summed E-state index contributed by atoms with van der Waals surface area (Å²) in [6.07, 6.45) is -2.08. The molecule has 1 aliphatic rings. The number of halogens is 4. The van der Waals surface area contributed by atoms with Crippen molar-refractivity contribution in [1.29, 1.82) is 0 Å². The van der Waals surface area contributed by atoms with E-state index < -0.39 is 23.5 Å². The molecule has 36 heavy (non-hydrogen) atoms. The Morgan fingerprint density at radius 3 is 2.50 bits per heavy atom. The Balaban J connectivity index is 1.46. The topological polar surface area (TPSA) is 52.2 Å². The lowest BCUT2D eigenvalue weighted by Gasteiger charge is -2.30. The van der Waals surface area contributed by atoms with Gasteiger partial charge in [-0.05, 0) is 79.7 Å². The number of H-pyrrole nitrogens is 1. The van der Waals surface area contributed by atoms with Crippen molar-refractivity contribution < 1.29 is 22.4 Å². The van der Waals surface area contributed by atoms with Gasteiger partial charge in [0.05, 0.1) is 17.3 Å². The molecule has 1 unspecified atom stereocenters. The van der Waals surface area contributed by atoms with Crippen LogP contribution in [0.2, 0.25) is 0 Å². The van der Waals surface area contributed by atoms with Gasteiger partial charge in [-0.1, -0.05) is 12.1 Å². The van der Waals surface area contributed by atoms with E-state index in [1.54, 1.807) is 23.2 Å². The average molecular weight is 497 g/mol. The maximum atomic E-state index is 15.0. The minimum absolute atomic E-state index is 0.00594. The number of hydrogen-bond acceptors (Lipinski definition) is 3. The predicted octanol–water partition coefficient (Wildman–Crippen LogP) is 5.73. The molecule has 0 saturated carbocycles. The van der Waals surface area contributed by atoms with Crippen LogP contribution in [0.25, 0.3) is 22.0 Å². The summed E-state index contributed by atoms with van der Waals surface area (Å²) in [5, 5.41) is 7.85. The standard InChI is InChI=1S/C27H24F4N4O/c1-34-11-10-23(16-34)35(26(36)17-2-6-22(7-3-17)27(29,30)31)15-21-13-18(4-8-24(21)28)19-5-9-25-20(12-19)14-32-33-25/h2-9,12-14,23H,10-11,15-16H2,1H3,(H,32,33). The summed E-state index contributed by atoms with van der Waals surface area (Å²) in [6, 6.07) is 14.5. The van der Waals surface area contributed by atoms with Crippen LogP contribution < -0.4 is 0 Å². The average Bonchev–Trinajstić information content (AvgIpc) is 3.51. The summed E-state index contributed by atoms with van der Waals surface area (Å²) >= 11 is 0. The lowest BCUT2D eigenvalue weighted by molar-refractivity contribution is -0.137. The summed E-state index contributed by atoms with van der Waals surface area (Å²) in [5.74, 6) is -0.867. The number of alkyl halides is 3. The number of hydrogen-bond donors (Lipinski definition) is 1. The number of carbonyl (C=O) groups excluding carboxylic acids is 1. The molecule has 0 radical (unpaired) electrons. The first-order chi connectivity index (χ1) is 17.2.